The number of furan rings is 1. The van der Waals surface area contributed by atoms with E-state index in [4.69, 9.17) is 27.7 Å². The van der Waals surface area contributed by atoms with Gasteiger partial charge in [-0.2, -0.15) is 0 Å². The molecule has 1 heteroatoms. The molecule has 10 aromatic rings. The standard InChI is InChI=1S/C45H28O/c1-3-13-33-28(10-1)20-21-30-26-32(23-24-34(30)33)43-38-17-7-5-15-36(38)41(37-16-6-8-18-39(37)43)27-31-12-9-19-42-44(31)40-25-22-29-11-2-4-14-35(29)45(40)46-42/h1-26H,27H2/i1D,2D,3D,4D,5D,6D,7D,8D,9D,10D,11D,12D,13D,14D,15D,16D,17D,18D,19D,20D,21D,22D,23D,24D,25D,26D. The van der Waals surface area contributed by atoms with Crippen LogP contribution >= 0.6 is 0 Å². The first-order valence-corrected chi connectivity index (χ1v) is 13.9. The van der Waals surface area contributed by atoms with Gasteiger partial charge in [0.05, 0.1) is 35.6 Å². The second kappa shape index (κ2) is 9.79. The lowest BCUT2D eigenvalue weighted by atomic mass is 9.85. The normalized spacial score (nSPS) is 19.9. The Morgan fingerprint density at radius 3 is 1.76 bits per heavy atom. The summed E-state index contributed by atoms with van der Waals surface area (Å²) in [5, 5.41) is -5.80. The lowest BCUT2D eigenvalue weighted by Gasteiger charge is -2.18. The second-order valence-corrected chi connectivity index (χ2v) is 10.4. The van der Waals surface area contributed by atoms with Crippen molar-refractivity contribution >= 4 is 75.8 Å². The monoisotopic (exact) mass is 610 g/mol. The van der Waals surface area contributed by atoms with Crippen molar-refractivity contribution in [3.05, 3.63) is 168 Å². The van der Waals surface area contributed by atoms with E-state index >= 15 is 0 Å². The van der Waals surface area contributed by atoms with Gasteiger partial charge in [-0.15, -0.1) is 0 Å². The Balaban J connectivity index is 1.45. The van der Waals surface area contributed by atoms with Gasteiger partial charge in [0.25, 0.3) is 0 Å². The highest BCUT2D eigenvalue weighted by Crippen LogP contribution is 2.43. The van der Waals surface area contributed by atoms with Crippen molar-refractivity contribution in [2.75, 3.05) is 0 Å². The Hall–Kier alpha value is -5.92. The first-order valence-electron chi connectivity index (χ1n) is 26.9. The molecule has 9 aromatic carbocycles. The molecule has 0 saturated heterocycles. The summed E-state index contributed by atoms with van der Waals surface area (Å²) < 4.78 is 239. The van der Waals surface area contributed by atoms with Gasteiger partial charge in [-0.05, 0) is 95.3 Å². The van der Waals surface area contributed by atoms with E-state index in [0.717, 1.165) is 0 Å². The highest BCUT2D eigenvalue weighted by Gasteiger charge is 2.19. The van der Waals surface area contributed by atoms with Gasteiger partial charge < -0.3 is 4.42 Å². The van der Waals surface area contributed by atoms with Crippen LogP contribution in [0, 0.1) is 0 Å². The first kappa shape index (κ1) is 10.9. The zero-order valence-electron chi connectivity index (χ0n) is 49.1. The summed E-state index contributed by atoms with van der Waals surface area (Å²) >= 11 is 0. The van der Waals surface area contributed by atoms with Crippen LogP contribution in [0.15, 0.2) is 162 Å². The summed E-state index contributed by atoms with van der Waals surface area (Å²) in [5.41, 5.74) is -3.03. The summed E-state index contributed by atoms with van der Waals surface area (Å²) in [4.78, 5) is 0. The summed E-state index contributed by atoms with van der Waals surface area (Å²) in [6, 6.07) is -21.1. The van der Waals surface area contributed by atoms with Crippen molar-refractivity contribution < 1.29 is 40.1 Å². The number of fused-ring (bicyclic) bond motifs is 10. The Morgan fingerprint density at radius 2 is 1.00 bits per heavy atom. The van der Waals surface area contributed by atoms with Crippen LogP contribution in [0.3, 0.4) is 0 Å². The zero-order chi connectivity index (χ0) is 52.8. The molecule has 1 nitrogen and oxygen atoms in total. The molecule has 0 saturated carbocycles. The van der Waals surface area contributed by atoms with Crippen LogP contribution in [0.5, 0.6) is 0 Å². The Bertz CT molecular complexity index is 4230. The maximum atomic E-state index is 9.70. The third kappa shape index (κ3) is 3.69. The maximum absolute atomic E-state index is 9.70. The van der Waals surface area contributed by atoms with Crippen molar-refractivity contribution in [3.8, 4) is 11.1 Å². The van der Waals surface area contributed by atoms with Crippen LogP contribution in [0.4, 0.5) is 0 Å². The molecule has 0 bridgehead atoms. The summed E-state index contributed by atoms with van der Waals surface area (Å²) in [7, 11) is 0. The van der Waals surface area contributed by atoms with Crippen LogP contribution in [0.1, 0.15) is 46.8 Å². The van der Waals surface area contributed by atoms with Crippen LogP contribution in [-0.2, 0) is 6.42 Å². The molecule has 0 radical (unpaired) electrons. The molecule has 0 spiro atoms. The Kier molecular flexibility index (Phi) is 2.31. The van der Waals surface area contributed by atoms with Crippen LogP contribution in [0.2, 0.25) is 0 Å². The topological polar surface area (TPSA) is 13.1 Å². The highest BCUT2D eigenvalue weighted by atomic mass is 16.3. The minimum Gasteiger partial charge on any atom is -0.455 e. The molecule has 0 amide bonds. The fraction of sp³-hybridized carbons (Fsp3) is 0.0222. The van der Waals surface area contributed by atoms with Gasteiger partial charge in [0, 0.05) is 16.2 Å². The highest BCUT2D eigenvalue weighted by molar-refractivity contribution is 6.18. The quantitative estimate of drug-likeness (QED) is 0.143. The average molecular weight is 611 g/mol. The van der Waals surface area contributed by atoms with Crippen LogP contribution < -0.4 is 0 Å². The van der Waals surface area contributed by atoms with Gasteiger partial charge in [-0.3, -0.25) is 0 Å². The van der Waals surface area contributed by atoms with E-state index in [1.54, 1.807) is 0 Å². The van der Waals surface area contributed by atoms with Gasteiger partial charge in [-0.25, -0.2) is 0 Å². The van der Waals surface area contributed by atoms with Crippen molar-refractivity contribution in [1.82, 2.24) is 0 Å². The zero-order valence-corrected chi connectivity index (χ0v) is 23.1. The molecule has 1 heterocycles. The molecular weight excluding hydrogens is 556 g/mol. The number of benzene rings is 9. The molecule has 0 N–H and O–H groups in total. The van der Waals surface area contributed by atoms with E-state index in [1.165, 1.54) is 0 Å². The second-order valence-electron chi connectivity index (χ2n) is 10.4. The molecule has 0 aliphatic heterocycles. The molecule has 10 rings (SSSR count). The van der Waals surface area contributed by atoms with Crippen LogP contribution in [-0.4, -0.2) is 0 Å². The number of hydrogen-bond acceptors (Lipinski definition) is 1. The third-order valence-electron chi connectivity index (χ3n) is 7.97. The maximum Gasteiger partial charge on any atom is 0.143 e. The molecule has 0 fully saturated rings. The largest absolute Gasteiger partial charge is 0.455 e. The number of rotatable bonds is 3. The van der Waals surface area contributed by atoms with E-state index in [2.05, 4.69) is 0 Å². The van der Waals surface area contributed by atoms with Crippen molar-refractivity contribution in [2.24, 2.45) is 0 Å². The minimum absolute atomic E-state index is 0.314. The smallest absolute Gasteiger partial charge is 0.143 e. The van der Waals surface area contributed by atoms with Gasteiger partial charge in [-0.1, -0.05) is 139 Å². The van der Waals surface area contributed by atoms with E-state index in [0.29, 0.717) is 0 Å². The van der Waals surface area contributed by atoms with Gasteiger partial charge in [0.2, 0.25) is 0 Å². The summed E-state index contributed by atoms with van der Waals surface area (Å²) in [6.45, 7) is 0. The predicted molar refractivity (Wildman–Crippen MR) is 196 cm³/mol. The fourth-order valence-corrected chi connectivity index (χ4v) is 6.00. The van der Waals surface area contributed by atoms with E-state index in [1.807, 2.05) is 0 Å². The number of hydrogen-bond donors (Lipinski definition) is 0. The first-order chi connectivity index (χ1) is 33.6. The predicted octanol–water partition coefficient (Wildman–Crippen LogP) is 12.6. The lowest BCUT2D eigenvalue weighted by molar-refractivity contribution is 0.672. The molecule has 0 atom stereocenters. The van der Waals surface area contributed by atoms with E-state index in [9.17, 15) is 12.3 Å². The van der Waals surface area contributed by atoms with Crippen molar-refractivity contribution in [3.63, 3.8) is 0 Å². The molecule has 214 valence electrons. The molecule has 46 heavy (non-hydrogen) atoms. The van der Waals surface area contributed by atoms with Gasteiger partial charge in [0.1, 0.15) is 11.2 Å². The molecular formula is C45H28O. The molecule has 0 unspecified atom stereocenters. The Morgan fingerprint density at radius 1 is 0.435 bits per heavy atom. The minimum atomic E-state index is -0.946. The average Bonchev–Trinajstić information content (AvgIpc) is 3.75. The summed E-state index contributed by atoms with van der Waals surface area (Å²) in [6.07, 6.45) is -0.839. The summed E-state index contributed by atoms with van der Waals surface area (Å²) in [5.74, 6) is 0. The Labute approximate surface area is 302 Å². The fourth-order valence-electron chi connectivity index (χ4n) is 6.00. The molecule has 0 aliphatic carbocycles. The van der Waals surface area contributed by atoms with Crippen LogP contribution in [0.25, 0.3) is 86.9 Å². The SMILES string of the molecule is [2H]c1c([2H])c(Cc2c3c([2H])c([2H])c([2H])c([2H])c3c(-c3c([2H])c([2H])c4c(c3[2H])c([2H])c([2H])c3c([2H])c([2H])c([2H])c([2H])c34)c3c([2H])c([2H])c([2H])c([2H])c23)c2c(oc3c4c([2H])c([2H])c([2H])c([2H])c4c([2H])c([2H])c32)c1[2H]. The van der Waals surface area contributed by atoms with Gasteiger partial charge in [0.15, 0.2) is 0 Å². The van der Waals surface area contributed by atoms with Gasteiger partial charge >= 0.3 is 0 Å². The van der Waals surface area contributed by atoms with Crippen molar-refractivity contribution in [2.45, 2.75) is 6.42 Å². The van der Waals surface area contributed by atoms with E-state index in [-0.39, 0.29) is 27.3 Å². The molecule has 1 aromatic heterocycles. The third-order valence-corrected chi connectivity index (χ3v) is 7.97. The molecule has 0 aliphatic rings. The van der Waals surface area contributed by atoms with E-state index < -0.39 is 234 Å². The lowest BCUT2D eigenvalue weighted by Crippen LogP contribution is -1.96. The van der Waals surface area contributed by atoms with Crippen molar-refractivity contribution in [1.29, 1.82) is 0 Å².